The summed E-state index contributed by atoms with van der Waals surface area (Å²) in [4.78, 5) is 24.5. The van der Waals surface area contributed by atoms with E-state index in [2.05, 4.69) is 43.5 Å². The Morgan fingerprint density at radius 2 is 0.746 bits per heavy atom. The number of hydrogen-bond donors (Lipinski definition) is 3. The quantitative estimate of drug-likeness (QED) is 0.0321. The average molecular weight is 886 g/mol. The second-order valence-corrected chi connectivity index (χ2v) is 18.9. The predicted octanol–water partition coefficient (Wildman–Crippen LogP) is 16.9. The second kappa shape index (κ2) is 52.7. The fraction of sp³-hybridized carbons (Fsp3) is 0.860. The third-order valence-corrected chi connectivity index (χ3v) is 12.6. The van der Waals surface area contributed by atoms with Crippen LogP contribution in [0.2, 0.25) is 0 Å². The highest BCUT2D eigenvalue weighted by molar-refractivity contribution is 5.76. The first-order valence-electron chi connectivity index (χ1n) is 27.8. The van der Waals surface area contributed by atoms with Crippen molar-refractivity contribution in [3.05, 3.63) is 36.5 Å². The summed E-state index contributed by atoms with van der Waals surface area (Å²) >= 11 is 0. The molecule has 0 rings (SSSR count). The molecule has 2 unspecified atom stereocenters. The molecule has 1 amide bonds. The number of carbonyl (C=O) groups excluding carboxylic acids is 2. The van der Waals surface area contributed by atoms with Gasteiger partial charge in [-0.15, -0.1) is 0 Å². The zero-order valence-electron chi connectivity index (χ0n) is 42.1. The van der Waals surface area contributed by atoms with Crippen molar-refractivity contribution < 1.29 is 24.5 Å². The number of aliphatic hydroxyl groups excluding tert-OH is 2. The van der Waals surface area contributed by atoms with Crippen molar-refractivity contribution in [2.75, 3.05) is 13.2 Å². The predicted molar refractivity (Wildman–Crippen MR) is 273 cm³/mol. The minimum Gasteiger partial charge on any atom is -0.466 e. The number of hydrogen-bond acceptors (Lipinski definition) is 5. The van der Waals surface area contributed by atoms with E-state index in [9.17, 15) is 19.8 Å². The first-order valence-corrected chi connectivity index (χ1v) is 27.8. The third-order valence-electron chi connectivity index (χ3n) is 12.6. The van der Waals surface area contributed by atoms with Crippen LogP contribution in [-0.2, 0) is 14.3 Å². The summed E-state index contributed by atoms with van der Waals surface area (Å²) in [5.41, 5.74) is 0. The number of aliphatic hydroxyl groups is 2. The Morgan fingerprint density at radius 3 is 1.13 bits per heavy atom. The van der Waals surface area contributed by atoms with Gasteiger partial charge in [-0.05, 0) is 89.9 Å². The van der Waals surface area contributed by atoms with Gasteiger partial charge in [0.05, 0.1) is 25.4 Å². The monoisotopic (exact) mass is 886 g/mol. The second-order valence-electron chi connectivity index (χ2n) is 18.9. The molecule has 0 saturated carbocycles. The largest absolute Gasteiger partial charge is 0.466 e. The van der Waals surface area contributed by atoms with Crippen molar-refractivity contribution in [3.8, 4) is 0 Å². The summed E-state index contributed by atoms with van der Waals surface area (Å²) in [5.74, 6) is -0.121. The molecule has 0 aliphatic rings. The summed E-state index contributed by atoms with van der Waals surface area (Å²) in [7, 11) is 0. The van der Waals surface area contributed by atoms with Crippen LogP contribution in [0.25, 0.3) is 0 Å². The van der Waals surface area contributed by atoms with Crippen LogP contribution in [0.3, 0.4) is 0 Å². The zero-order chi connectivity index (χ0) is 45.8. The fourth-order valence-electron chi connectivity index (χ4n) is 8.33. The van der Waals surface area contributed by atoms with Gasteiger partial charge in [0.1, 0.15) is 0 Å². The van der Waals surface area contributed by atoms with Gasteiger partial charge in [-0.1, -0.05) is 224 Å². The lowest BCUT2D eigenvalue weighted by atomic mass is 10.0. The van der Waals surface area contributed by atoms with Crippen molar-refractivity contribution in [1.82, 2.24) is 5.32 Å². The Morgan fingerprint density at radius 1 is 0.429 bits per heavy atom. The van der Waals surface area contributed by atoms with E-state index >= 15 is 0 Å². The van der Waals surface area contributed by atoms with Crippen LogP contribution in [-0.4, -0.2) is 47.4 Å². The lowest BCUT2D eigenvalue weighted by Crippen LogP contribution is -2.45. The molecular formula is C57H107NO5. The molecule has 2 atom stereocenters. The Labute approximate surface area is 392 Å². The van der Waals surface area contributed by atoms with Gasteiger partial charge in [0.25, 0.3) is 0 Å². The number of ether oxygens (including phenoxy) is 1. The van der Waals surface area contributed by atoms with Crippen molar-refractivity contribution in [1.29, 1.82) is 0 Å². The lowest BCUT2D eigenvalue weighted by molar-refractivity contribution is -0.143. The van der Waals surface area contributed by atoms with E-state index in [0.29, 0.717) is 19.4 Å². The minimum atomic E-state index is -0.861. The van der Waals surface area contributed by atoms with Gasteiger partial charge in [-0.3, -0.25) is 9.59 Å². The number of rotatable bonds is 51. The van der Waals surface area contributed by atoms with Crippen molar-refractivity contribution in [2.24, 2.45) is 0 Å². The topological polar surface area (TPSA) is 95.9 Å². The fourth-order valence-corrected chi connectivity index (χ4v) is 8.33. The molecule has 0 aromatic heterocycles. The maximum Gasteiger partial charge on any atom is 0.305 e. The summed E-state index contributed by atoms with van der Waals surface area (Å²) in [6.07, 6.45) is 64.4. The van der Waals surface area contributed by atoms with Crippen molar-refractivity contribution in [3.63, 3.8) is 0 Å². The molecule has 0 aliphatic heterocycles. The van der Waals surface area contributed by atoms with E-state index in [1.54, 1.807) is 6.08 Å². The number of unbranched alkanes of at least 4 members (excludes halogenated alkanes) is 36. The normalized spacial score (nSPS) is 12.9. The van der Waals surface area contributed by atoms with Crippen molar-refractivity contribution >= 4 is 11.9 Å². The van der Waals surface area contributed by atoms with Crippen LogP contribution in [0, 0.1) is 0 Å². The van der Waals surface area contributed by atoms with Gasteiger partial charge < -0.3 is 20.3 Å². The van der Waals surface area contributed by atoms with Crippen LogP contribution in [0.5, 0.6) is 0 Å². The van der Waals surface area contributed by atoms with E-state index in [1.807, 2.05) is 6.08 Å². The number of nitrogens with one attached hydrogen (secondary N) is 1. The van der Waals surface area contributed by atoms with E-state index < -0.39 is 12.1 Å². The van der Waals surface area contributed by atoms with Gasteiger partial charge in [0, 0.05) is 12.8 Å². The summed E-state index contributed by atoms with van der Waals surface area (Å²) in [6, 6.07) is -0.647. The molecule has 0 aromatic rings. The van der Waals surface area contributed by atoms with Crippen LogP contribution in [0.1, 0.15) is 290 Å². The molecule has 6 heteroatoms. The van der Waals surface area contributed by atoms with Crippen LogP contribution in [0.15, 0.2) is 36.5 Å². The number of amides is 1. The minimum absolute atomic E-state index is 0.0275. The maximum atomic E-state index is 12.4. The zero-order valence-corrected chi connectivity index (χ0v) is 42.1. The Hall–Kier alpha value is -1.92. The highest BCUT2D eigenvalue weighted by atomic mass is 16.5. The molecule has 0 bridgehead atoms. The van der Waals surface area contributed by atoms with Crippen molar-refractivity contribution in [2.45, 2.75) is 302 Å². The molecular weight excluding hydrogens is 779 g/mol. The van der Waals surface area contributed by atoms with E-state index in [0.717, 1.165) is 83.5 Å². The first-order chi connectivity index (χ1) is 31.0. The molecule has 0 saturated heterocycles. The highest BCUT2D eigenvalue weighted by Crippen LogP contribution is 2.15. The standard InChI is InChI=1S/C57H107NO5/c1-3-5-7-9-11-13-15-17-19-21-22-24-26-31-35-39-43-47-51-57(62)63-52-48-44-40-36-32-28-27-30-34-38-42-46-50-56(61)58-54(53-59)55(60)49-45-41-37-33-29-25-23-20-18-16-14-12-10-8-6-4-2/h19,21,28,32,45,49,54-55,59-60H,3-18,20,22-27,29-31,33-44,46-48,50-53H2,1-2H3,(H,58,61)/b21-19-,32-28-,49-45+. The molecule has 0 radical (unpaired) electrons. The smallest absolute Gasteiger partial charge is 0.305 e. The lowest BCUT2D eigenvalue weighted by Gasteiger charge is -2.20. The summed E-state index contributed by atoms with van der Waals surface area (Å²) in [6.45, 7) is 4.84. The van der Waals surface area contributed by atoms with Gasteiger partial charge in [0.2, 0.25) is 5.91 Å². The number of allylic oxidation sites excluding steroid dienone is 5. The number of carbonyl (C=O) groups is 2. The molecule has 6 nitrogen and oxygen atoms in total. The van der Waals surface area contributed by atoms with E-state index in [4.69, 9.17) is 4.74 Å². The molecule has 63 heavy (non-hydrogen) atoms. The third kappa shape index (κ3) is 49.4. The number of esters is 1. The summed E-state index contributed by atoms with van der Waals surface area (Å²) < 4.78 is 5.46. The Kier molecular flexibility index (Phi) is 51.1. The molecule has 370 valence electrons. The maximum absolute atomic E-state index is 12.4. The SMILES string of the molecule is CCCCCCCCC/C=C\CCCCCCCCCC(=O)OCCCCC/C=C\CCCCCCCC(=O)NC(CO)C(O)/C=C/CCCCCCCCCCCCCCCC. The Bertz CT molecular complexity index is 1020. The van der Waals surface area contributed by atoms with E-state index in [1.165, 1.54) is 180 Å². The molecule has 0 aliphatic carbocycles. The van der Waals surface area contributed by atoms with E-state index in [-0.39, 0.29) is 18.5 Å². The Balaban J connectivity index is 3.53. The molecule has 0 spiro atoms. The summed E-state index contributed by atoms with van der Waals surface area (Å²) in [5, 5.41) is 23.1. The average Bonchev–Trinajstić information content (AvgIpc) is 3.28. The van der Waals surface area contributed by atoms with Crippen LogP contribution < -0.4 is 5.32 Å². The van der Waals surface area contributed by atoms with Gasteiger partial charge >= 0.3 is 5.97 Å². The van der Waals surface area contributed by atoms with Gasteiger partial charge in [0.15, 0.2) is 0 Å². The molecule has 0 aromatic carbocycles. The van der Waals surface area contributed by atoms with Crippen LogP contribution >= 0.6 is 0 Å². The first kappa shape index (κ1) is 61.1. The van der Waals surface area contributed by atoms with Crippen LogP contribution in [0.4, 0.5) is 0 Å². The molecule has 0 fully saturated rings. The highest BCUT2D eigenvalue weighted by Gasteiger charge is 2.18. The van der Waals surface area contributed by atoms with Gasteiger partial charge in [-0.25, -0.2) is 0 Å². The van der Waals surface area contributed by atoms with Gasteiger partial charge in [-0.2, -0.15) is 0 Å². The molecule has 0 heterocycles. The molecule has 3 N–H and O–H groups in total.